The van der Waals surface area contributed by atoms with E-state index >= 15 is 0 Å². The Kier molecular flexibility index (Phi) is 4.82. The number of carbonyl (C=O) groups is 1. The van der Waals surface area contributed by atoms with Crippen LogP contribution in [0.25, 0.3) is 0 Å². The average molecular weight is 316 g/mol. The summed E-state index contributed by atoms with van der Waals surface area (Å²) in [7, 11) is 3.39. The summed E-state index contributed by atoms with van der Waals surface area (Å²) in [4.78, 5) is 29.9. The molecule has 2 rings (SSSR count). The van der Waals surface area contributed by atoms with Gasteiger partial charge in [0.05, 0.1) is 4.92 Å². The SMILES string of the molecule is CC(=O)c1ccc(Nc2ncnc(NN(C)C)c2[N+](=O)[O-])cc1. The number of aromatic nitrogens is 2. The molecule has 1 aromatic heterocycles. The van der Waals surface area contributed by atoms with Crippen molar-refractivity contribution in [1.29, 1.82) is 0 Å². The van der Waals surface area contributed by atoms with Crippen LogP contribution in [0.15, 0.2) is 30.6 Å². The van der Waals surface area contributed by atoms with Gasteiger partial charge in [-0.15, -0.1) is 0 Å². The topological polar surface area (TPSA) is 113 Å². The molecular formula is C14H16N6O3. The highest BCUT2D eigenvalue weighted by molar-refractivity contribution is 5.94. The lowest BCUT2D eigenvalue weighted by Crippen LogP contribution is -2.21. The quantitative estimate of drug-likeness (QED) is 0.474. The monoisotopic (exact) mass is 316 g/mol. The first-order valence-corrected chi connectivity index (χ1v) is 6.70. The summed E-state index contributed by atoms with van der Waals surface area (Å²) < 4.78 is 0. The number of nitrogens with zero attached hydrogens (tertiary/aromatic N) is 4. The minimum absolute atomic E-state index is 0.0537. The van der Waals surface area contributed by atoms with E-state index in [0.29, 0.717) is 11.3 Å². The number of carbonyl (C=O) groups excluding carboxylic acids is 1. The van der Waals surface area contributed by atoms with Gasteiger partial charge in [-0.25, -0.2) is 15.0 Å². The summed E-state index contributed by atoms with van der Waals surface area (Å²) >= 11 is 0. The molecule has 0 aliphatic rings. The molecule has 1 heterocycles. The van der Waals surface area contributed by atoms with Crippen LogP contribution in [0.3, 0.4) is 0 Å². The molecule has 0 unspecified atom stereocenters. The van der Waals surface area contributed by atoms with Crippen molar-refractivity contribution in [3.8, 4) is 0 Å². The summed E-state index contributed by atoms with van der Waals surface area (Å²) in [5.74, 6) is 0.0878. The Morgan fingerprint density at radius 2 is 1.78 bits per heavy atom. The lowest BCUT2D eigenvalue weighted by molar-refractivity contribution is -0.383. The zero-order chi connectivity index (χ0) is 17.0. The first kappa shape index (κ1) is 16.3. The van der Waals surface area contributed by atoms with Crippen LogP contribution in [0.5, 0.6) is 0 Å². The Balaban J connectivity index is 2.35. The van der Waals surface area contributed by atoms with E-state index in [1.807, 2.05) is 0 Å². The van der Waals surface area contributed by atoms with Gasteiger partial charge in [0.25, 0.3) is 0 Å². The molecule has 23 heavy (non-hydrogen) atoms. The van der Waals surface area contributed by atoms with Gasteiger partial charge in [-0.3, -0.25) is 20.3 Å². The van der Waals surface area contributed by atoms with Gasteiger partial charge in [0, 0.05) is 25.3 Å². The highest BCUT2D eigenvalue weighted by Crippen LogP contribution is 2.31. The van der Waals surface area contributed by atoms with E-state index < -0.39 is 4.92 Å². The zero-order valence-electron chi connectivity index (χ0n) is 12.9. The van der Waals surface area contributed by atoms with Gasteiger partial charge in [-0.2, -0.15) is 0 Å². The summed E-state index contributed by atoms with van der Waals surface area (Å²) in [6.45, 7) is 1.47. The predicted molar refractivity (Wildman–Crippen MR) is 85.7 cm³/mol. The van der Waals surface area contributed by atoms with Crippen LogP contribution in [0.4, 0.5) is 23.0 Å². The van der Waals surface area contributed by atoms with Crippen LogP contribution in [0.2, 0.25) is 0 Å². The minimum atomic E-state index is -0.557. The van der Waals surface area contributed by atoms with E-state index in [4.69, 9.17) is 0 Å². The van der Waals surface area contributed by atoms with Crippen molar-refractivity contribution in [2.45, 2.75) is 6.92 Å². The maximum absolute atomic E-state index is 11.3. The molecule has 0 fully saturated rings. The zero-order valence-corrected chi connectivity index (χ0v) is 12.9. The second-order valence-corrected chi connectivity index (χ2v) is 4.94. The van der Waals surface area contributed by atoms with E-state index in [-0.39, 0.29) is 23.1 Å². The molecule has 0 aliphatic heterocycles. The van der Waals surface area contributed by atoms with Crippen molar-refractivity contribution in [2.75, 3.05) is 24.8 Å². The van der Waals surface area contributed by atoms with Crippen molar-refractivity contribution < 1.29 is 9.72 Å². The molecule has 0 saturated carbocycles. The van der Waals surface area contributed by atoms with Crippen LogP contribution < -0.4 is 10.7 Å². The fourth-order valence-electron chi connectivity index (χ4n) is 1.86. The molecule has 2 aromatic rings. The highest BCUT2D eigenvalue weighted by Gasteiger charge is 2.23. The molecule has 0 spiro atoms. The van der Waals surface area contributed by atoms with E-state index in [1.165, 1.54) is 13.3 Å². The normalized spacial score (nSPS) is 10.4. The molecule has 0 atom stereocenters. The number of Topliss-reactive ketones (excluding diaryl/α,β-unsaturated/α-hetero) is 1. The first-order chi connectivity index (χ1) is 10.9. The van der Waals surface area contributed by atoms with E-state index in [9.17, 15) is 14.9 Å². The molecule has 0 amide bonds. The third kappa shape index (κ3) is 3.98. The van der Waals surface area contributed by atoms with Gasteiger partial charge >= 0.3 is 5.69 Å². The van der Waals surface area contributed by atoms with E-state index in [0.717, 1.165) is 0 Å². The number of benzene rings is 1. The molecule has 9 heteroatoms. The Hall–Kier alpha value is -3.07. The minimum Gasteiger partial charge on any atom is -0.334 e. The van der Waals surface area contributed by atoms with Crippen LogP contribution in [0, 0.1) is 10.1 Å². The maximum Gasteiger partial charge on any atom is 0.354 e. The van der Waals surface area contributed by atoms with Crippen LogP contribution in [-0.2, 0) is 0 Å². The van der Waals surface area contributed by atoms with Crippen molar-refractivity contribution in [3.05, 3.63) is 46.3 Å². The number of hydrogen-bond acceptors (Lipinski definition) is 8. The third-order valence-corrected chi connectivity index (χ3v) is 2.89. The summed E-state index contributed by atoms with van der Waals surface area (Å²) in [5.41, 5.74) is 3.63. The molecule has 0 bridgehead atoms. The number of nitro groups is 1. The van der Waals surface area contributed by atoms with Gasteiger partial charge in [-0.1, -0.05) is 0 Å². The fraction of sp³-hybridized carbons (Fsp3) is 0.214. The molecule has 0 aliphatic carbocycles. The Bertz CT molecular complexity index is 730. The first-order valence-electron chi connectivity index (χ1n) is 6.70. The van der Waals surface area contributed by atoms with Crippen LogP contribution >= 0.6 is 0 Å². The van der Waals surface area contributed by atoms with Crippen molar-refractivity contribution in [3.63, 3.8) is 0 Å². The Morgan fingerprint density at radius 1 is 1.17 bits per heavy atom. The van der Waals surface area contributed by atoms with Gasteiger partial charge < -0.3 is 5.32 Å². The Morgan fingerprint density at radius 3 is 2.30 bits per heavy atom. The summed E-state index contributed by atoms with van der Waals surface area (Å²) in [5, 5.41) is 15.8. The van der Waals surface area contributed by atoms with Crippen molar-refractivity contribution in [2.24, 2.45) is 0 Å². The number of hydrogen-bond donors (Lipinski definition) is 2. The molecule has 120 valence electrons. The predicted octanol–water partition coefficient (Wildman–Crippen LogP) is 2.22. The number of nitrogens with one attached hydrogen (secondary N) is 2. The highest BCUT2D eigenvalue weighted by atomic mass is 16.6. The number of anilines is 3. The number of ketones is 1. The number of hydrazine groups is 1. The smallest absolute Gasteiger partial charge is 0.334 e. The average Bonchev–Trinajstić information content (AvgIpc) is 2.47. The summed E-state index contributed by atoms with van der Waals surface area (Å²) in [6.07, 6.45) is 1.23. The molecule has 2 N–H and O–H groups in total. The second kappa shape index (κ2) is 6.79. The summed E-state index contributed by atoms with van der Waals surface area (Å²) in [6, 6.07) is 6.58. The van der Waals surface area contributed by atoms with Crippen LogP contribution in [0.1, 0.15) is 17.3 Å². The molecule has 0 saturated heterocycles. The van der Waals surface area contributed by atoms with Gasteiger partial charge in [0.15, 0.2) is 5.78 Å². The Labute approximate surface area is 132 Å². The second-order valence-electron chi connectivity index (χ2n) is 4.94. The van der Waals surface area contributed by atoms with Crippen LogP contribution in [-0.4, -0.2) is 39.8 Å². The third-order valence-electron chi connectivity index (χ3n) is 2.89. The van der Waals surface area contributed by atoms with Gasteiger partial charge in [-0.05, 0) is 31.2 Å². The largest absolute Gasteiger partial charge is 0.354 e. The van der Waals surface area contributed by atoms with E-state index in [2.05, 4.69) is 20.7 Å². The van der Waals surface area contributed by atoms with Crippen molar-refractivity contribution >= 4 is 28.8 Å². The lowest BCUT2D eigenvalue weighted by Gasteiger charge is -2.14. The number of rotatable bonds is 6. The molecular weight excluding hydrogens is 300 g/mol. The fourth-order valence-corrected chi connectivity index (χ4v) is 1.86. The van der Waals surface area contributed by atoms with Gasteiger partial charge in [0.2, 0.25) is 11.6 Å². The van der Waals surface area contributed by atoms with E-state index in [1.54, 1.807) is 43.4 Å². The standard InChI is InChI=1S/C14H16N6O3/c1-9(21)10-4-6-11(7-5-10)17-13-12(20(22)23)14(16-8-15-13)18-19(2)3/h4-8H,1-3H3,(H2,15,16,17,18). The molecule has 9 nitrogen and oxygen atoms in total. The maximum atomic E-state index is 11.3. The molecule has 1 aromatic carbocycles. The van der Waals surface area contributed by atoms with Gasteiger partial charge in [0.1, 0.15) is 6.33 Å². The molecule has 0 radical (unpaired) electrons. The van der Waals surface area contributed by atoms with Crippen molar-refractivity contribution in [1.82, 2.24) is 15.0 Å². The lowest BCUT2D eigenvalue weighted by atomic mass is 10.1.